The number of hydrazine groups is 1. The van der Waals surface area contributed by atoms with Crippen molar-refractivity contribution in [3.63, 3.8) is 0 Å². The first-order valence-corrected chi connectivity index (χ1v) is 7.61. The van der Waals surface area contributed by atoms with E-state index in [1.165, 1.54) is 12.4 Å². The normalized spacial score (nSPS) is 10.6. The molecule has 0 saturated carbocycles. The molecule has 0 saturated heterocycles. The van der Waals surface area contributed by atoms with Gasteiger partial charge < -0.3 is 4.98 Å². The Morgan fingerprint density at radius 1 is 1.08 bits per heavy atom. The van der Waals surface area contributed by atoms with Crippen LogP contribution in [0.2, 0.25) is 0 Å². The molecule has 2 heterocycles. The number of aromatic amines is 1. The molecule has 0 radical (unpaired) electrons. The van der Waals surface area contributed by atoms with Gasteiger partial charge in [0, 0.05) is 34.6 Å². The first-order valence-electron chi connectivity index (χ1n) is 7.61. The molecule has 2 aromatic heterocycles. The molecule has 24 heavy (non-hydrogen) atoms. The van der Waals surface area contributed by atoms with Crippen molar-refractivity contribution in [2.75, 3.05) is 0 Å². The van der Waals surface area contributed by atoms with E-state index in [0.717, 1.165) is 27.7 Å². The highest BCUT2D eigenvalue weighted by molar-refractivity contribution is 5.96. The third kappa shape index (κ3) is 3.27. The van der Waals surface area contributed by atoms with Gasteiger partial charge in [0.1, 0.15) is 0 Å². The van der Waals surface area contributed by atoms with E-state index in [2.05, 4.69) is 26.9 Å². The number of carbonyl (C=O) groups excluding carboxylic acids is 2. The summed E-state index contributed by atoms with van der Waals surface area (Å²) in [7, 11) is 0. The van der Waals surface area contributed by atoms with E-state index >= 15 is 0 Å². The van der Waals surface area contributed by atoms with E-state index in [9.17, 15) is 9.59 Å². The lowest BCUT2D eigenvalue weighted by atomic mass is 10.1. The van der Waals surface area contributed by atoms with E-state index in [4.69, 9.17) is 0 Å². The van der Waals surface area contributed by atoms with Gasteiger partial charge in [-0.3, -0.25) is 25.4 Å². The second-order valence-corrected chi connectivity index (χ2v) is 5.69. The monoisotopic (exact) mass is 322 g/mol. The molecule has 3 N–H and O–H groups in total. The van der Waals surface area contributed by atoms with Crippen molar-refractivity contribution in [1.82, 2.24) is 20.8 Å². The van der Waals surface area contributed by atoms with Gasteiger partial charge in [0.25, 0.3) is 5.91 Å². The summed E-state index contributed by atoms with van der Waals surface area (Å²) in [5.74, 6) is -0.653. The molecule has 0 aliphatic heterocycles. The third-order valence-corrected chi connectivity index (χ3v) is 3.87. The second kappa shape index (κ2) is 6.54. The molecular weight excluding hydrogens is 304 g/mol. The smallest absolute Gasteiger partial charge is 0.269 e. The summed E-state index contributed by atoms with van der Waals surface area (Å²) in [6.45, 7) is 3.95. The number of carbonyl (C=O) groups is 2. The number of hydrogen-bond acceptors (Lipinski definition) is 3. The summed E-state index contributed by atoms with van der Waals surface area (Å²) in [4.78, 5) is 31.2. The Labute approximate surface area is 139 Å². The lowest BCUT2D eigenvalue weighted by Crippen LogP contribution is -2.42. The molecule has 0 fully saturated rings. The summed E-state index contributed by atoms with van der Waals surface area (Å²) in [6.07, 6.45) is 3.23. The molecule has 0 aliphatic rings. The van der Waals surface area contributed by atoms with E-state index in [1.54, 1.807) is 12.1 Å². The van der Waals surface area contributed by atoms with Crippen LogP contribution in [0.15, 0.2) is 42.7 Å². The summed E-state index contributed by atoms with van der Waals surface area (Å²) in [5.41, 5.74) is 9.32. The Morgan fingerprint density at radius 3 is 2.58 bits per heavy atom. The number of aromatic nitrogens is 2. The Bertz CT molecular complexity index is 900. The van der Waals surface area contributed by atoms with Gasteiger partial charge in [-0.05, 0) is 43.7 Å². The number of amides is 2. The molecule has 1 aromatic carbocycles. The topological polar surface area (TPSA) is 86.9 Å². The van der Waals surface area contributed by atoms with Gasteiger partial charge in [-0.1, -0.05) is 11.6 Å². The number of rotatable bonds is 3. The van der Waals surface area contributed by atoms with Crippen LogP contribution >= 0.6 is 0 Å². The molecule has 0 atom stereocenters. The van der Waals surface area contributed by atoms with Crippen molar-refractivity contribution < 1.29 is 9.59 Å². The molecule has 0 spiro atoms. The van der Waals surface area contributed by atoms with Crippen molar-refractivity contribution in [3.8, 4) is 0 Å². The molecular formula is C18H18N4O2. The van der Waals surface area contributed by atoms with Crippen LogP contribution in [-0.2, 0) is 11.2 Å². The highest BCUT2D eigenvalue weighted by atomic mass is 16.2. The zero-order valence-electron chi connectivity index (χ0n) is 13.5. The van der Waals surface area contributed by atoms with E-state index < -0.39 is 0 Å². The van der Waals surface area contributed by atoms with Gasteiger partial charge in [-0.25, -0.2) is 0 Å². The second-order valence-electron chi connectivity index (χ2n) is 5.69. The zero-order chi connectivity index (χ0) is 17.1. The van der Waals surface area contributed by atoms with Crippen LogP contribution < -0.4 is 10.9 Å². The number of nitrogens with zero attached hydrogens (tertiary/aromatic N) is 1. The SMILES string of the molecule is Cc1ccc2[nH]c(C)c(CC(=O)NNC(=O)c3ccncc3)c2c1. The first kappa shape index (κ1) is 15.7. The summed E-state index contributed by atoms with van der Waals surface area (Å²) < 4.78 is 0. The maximum Gasteiger partial charge on any atom is 0.269 e. The average Bonchev–Trinajstić information content (AvgIpc) is 2.89. The van der Waals surface area contributed by atoms with Gasteiger partial charge in [0.05, 0.1) is 6.42 Å². The van der Waals surface area contributed by atoms with E-state index in [1.807, 2.05) is 26.0 Å². The Kier molecular flexibility index (Phi) is 4.29. The third-order valence-electron chi connectivity index (χ3n) is 3.87. The minimum absolute atomic E-state index is 0.186. The number of aryl methyl sites for hydroxylation is 2. The van der Waals surface area contributed by atoms with E-state index in [0.29, 0.717) is 5.56 Å². The quantitative estimate of drug-likeness (QED) is 0.646. The lowest BCUT2D eigenvalue weighted by molar-refractivity contribution is -0.121. The van der Waals surface area contributed by atoms with Crippen LogP contribution in [0, 0.1) is 13.8 Å². The summed E-state index contributed by atoms with van der Waals surface area (Å²) >= 11 is 0. The van der Waals surface area contributed by atoms with E-state index in [-0.39, 0.29) is 18.2 Å². The molecule has 6 nitrogen and oxygen atoms in total. The molecule has 122 valence electrons. The molecule has 0 aliphatic carbocycles. The molecule has 3 aromatic rings. The molecule has 0 unspecified atom stereocenters. The molecule has 2 amide bonds. The van der Waals surface area contributed by atoms with Gasteiger partial charge in [0.2, 0.25) is 5.91 Å². The van der Waals surface area contributed by atoms with Crippen molar-refractivity contribution in [3.05, 3.63) is 65.1 Å². The van der Waals surface area contributed by atoms with Gasteiger partial charge in [0.15, 0.2) is 0 Å². The summed E-state index contributed by atoms with van der Waals surface area (Å²) in [6, 6.07) is 9.24. The first-order chi connectivity index (χ1) is 11.5. The van der Waals surface area contributed by atoms with Crippen molar-refractivity contribution in [2.24, 2.45) is 0 Å². The van der Waals surface area contributed by atoms with Gasteiger partial charge in [-0.15, -0.1) is 0 Å². The maximum atomic E-state index is 12.2. The molecule has 3 rings (SSSR count). The standard InChI is InChI=1S/C18H18N4O2/c1-11-3-4-16-15(9-11)14(12(2)20-16)10-17(23)21-22-18(24)13-5-7-19-8-6-13/h3-9,20H,10H2,1-2H3,(H,21,23)(H,22,24). The number of H-pyrrole nitrogens is 1. The largest absolute Gasteiger partial charge is 0.358 e. The Balaban J connectivity index is 1.68. The fourth-order valence-electron chi connectivity index (χ4n) is 2.63. The Hall–Kier alpha value is -3.15. The average molecular weight is 322 g/mol. The Morgan fingerprint density at radius 2 is 1.83 bits per heavy atom. The minimum atomic E-state index is -0.378. The van der Waals surface area contributed by atoms with Crippen LogP contribution in [0.1, 0.15) is 27.2 Å². The number of fused-ring (bicyclic) bond motifs is 1. The predicted octanol–water partition coefficient (Wildman–Crippen LogP) is 2.18. The summed E-state index contributed by atoms with van der Waals surface area (Å²) in [5, 5.41) is 1.03. The van der Waals surface area contributed by atoms with Crippen LogP contribution in [-0.4, -0.2) is 21.8 Å². The number of hydrogen-bond donors (Lipinski definition) is 3. The predicted molar refractivity (Wildman–Crippen MR) is 91.3 cm³/mol. The van der Waals surface area contributed by atoms with Crippen LogP contribution in [0.4, 0.5) is 0 Å². The number of nitrogens with one attached hydrogen (secondary N) is 3. The zero-order valence-corrected chi connectivity index (χ0v) is 13.5. The minimum Gasteiger partial charge on any atom is -0.358 e. The molecule has 6 heteroatoms. The lowest BCUT2D eigenvalue weighted by Gasteiger charge is -2.07. The van der Waals surface area contributed by atoms with Crippen molar-refractivity contribution in [2.45, 2.75) is 20.3 Å². The van der Waals surface area contributed by atoms with Crippen molar-refractivity contribution >= 4 is 22.7 Å². The fourth-order valence-corrected chi connectivity index (χ4v) is 2.63. The maximum absolute atomic E-state index is 12.2. The van der Waals surface area contributed by atoms with Crippen LogP contribution in [0.3, 0.4) is 0 Å². The highest BCUT2D eigenvalue weighted by Crippen LogP contribution is 2.23. The van der Waals surface area contributed by atoms with Gasteiger partial charge in [-0.2, -0.15) is 0 Å². The number of pyridine rings is 1. The van der Waals surface area contributed by atoms with Crippen LogP contribution in [0.25, 0.3) is 10.9 Å². The van der Waals surface area contributed by atoms with Gasteiger partial charge >= 0.3 is 0 Å². The highest BCUT2D eigenvalue weighted by Gasteiger charge is 2.13. The molecule has 0 bridgehead atoms. The number of benzene rings is 1. The van der Waals surface area contributed by atoms with Crippen molar-refractivity contribution in [1.29, 1.82) is 0 Å². The van der Waals surface area contributed by atoms with Crippen LogP contribution in [0.5, 0.6) is 0 Å². The fraction of sp³-hybridized carbons (Fsp3) is 0.167.